The van der Waals surface area contributed by atoms with Gasteiger partial charge in [-0.1, -0.05) is 12.6 Å². The van der Waals surface area contributed by atoms with E-state index in [4.69, 9.17) is 15.7 Å². The molecule has 1 saturated carbocycles. The van der Waals surface area contributed by atoms with Gasteiger partial charge in [-0.3, -0.25) is 9.36 Å². The van der Waals surface area contributed by atoms with E-state index in [0.29, 0.717) is 41.5 Å². The summed E-state index contributed by atoms with van der Waals surface area (Å²) in [6.07, 6.45) is 12.1. The van der Waals surface area contributed by atoms with Crippen molar-refractivity contribution in [3.8, 4) is 22.9 Å². The van der Waals surface area contributed by atoms with Crippen molar-refractivity contribution in [2.24, 2.45) is 5.92 Å². The number of pyridine rings is 2. The van der Waals surface area contributed by atoms with Crippen LogP contribution in [0, 0.1) is 5.92 Å². The lowest BCUT2D eigenvalue weighted by Crippen LogP contribution is -2.59. The summed E-state index contributed by atoms with van der Waals surface area (Å²) in [7, 11) is 0. The Balaban J connectivity index is 1.14. The number of hydrogen-bond donors (Lipinski definition) is 2. The van der Waals surface area contributed by atoms with Crippen LogP contribution in [-0.4, -0.2) is 58.7 Å². The number of nitrogens with one attached hydrogen (secondary N) is 1. The third-order valence-corrected chi connectivity index (χ3v) is 9.48. The molecule has 10 heteroatoms. The maximum absolute atomic E-state index is 12.4. The quantitative estimate of drug-likeness (QED) is 0.290. The fourth-order valence-corrected chi connectivity index (χ4v) is 7.39. The minimum atomic E-state index is 0.0672. The number of carbonyl (C=O) groups is 1. The van der Waals surface area contributed by atoms with Gasteiger partial charge in [0.2, 0.25) is 5.91 Å². The van der Waals surface area contributed by atoms with Gasteiger partial charge < -0.3 is 16.0 Å². The summed E-state index contributed by atoms with van der Waals surface area (Å²) in [5.41, 5.74) is 12.3. The molecule has 4 aromatic heterocycles. The zero-order valence-electron chi connectivity index (χ0n) is 23.8. The van der Waals surface area contributed by atoms with Gasteiger partial charge in [0.15, 0.2) is 17.3 Å². The molecule has 0 spiro atoms. The molecule has 0 radical (unpaired) electrons. The summed E-state index contributed by atoms with van der Waals surface area (Å²) in [5, 5.41) is 8.38. The van der Waals surface area contributed by atoms with E-state index in [1.165, 1.54) is 23.6 Å². The lowest BCUT2D eigenvalue weighted by Gasteiger charge is -2.50. The van der Waals surface area contributed by atoms with E-state index < -0.39 is 0 Å². The van der Waals surface area contributed by atoms with Crippen molar-refractivity contribution in [1.29, 1.82) is 0 Å². The molecule has 10 nitrogen and oxygen atoms in total. The SMILES string of the molecule is C=CC(=O)N1CC2CCC1CC2N[C@H]1CCc2cc(-n3c(-c4cccnc4N)nc4ccc(-n5cccn5)nc43)ccc21. The highest BCUT2D eigenvalue weighted by Gasteiger charge is 2.42. The van der Waals surface area contributed by atoms with Crippen LogP contribution in [0.25, 0.3) is 34.1 Å². The van der Waals surface area contributed by atoms with Crippen LogP contribution in [0.4, 0.5) is 5.82 Å². The third-order valence-electron chi connectivity index (χ3n) is 9.48. The molecule has 9 rings (SSSR count). The minimum absolute atomic E-state index is 0.0672. The number of imidazole rings is 1. The number of carbonyl (C=O) groups excluding carboxylic acids is 1. The Morgan fingerprint density at radius 2 is 2.00 bits per heavy atom. The second kappa shape index (κ2) is 10.2. The monoisotopic (exact) mass is 571 g/mol. The second-order valence-electron chi connectivity index (χ2n) is 11.8. The molecule has 3 unspecified atom stereocenters. The molecule has 2 saturated heterocycles. The molecule has 6 heterocycles. The fourth-order valence-electron chi connectivity index (χ4n) is 7.39. The molecule has 3 fully saturated rings. The first-order chi connectivity index (χ1) is 21.1. The highest BCUT2D eigenvalue weighted by Crippen LogP contribution is 2.40. The number of anilines is 1. The molecule has 43 heavy (non-hydrogen) atoms. The summed E-state index contributed by atoms with van der Waals surface area (Å²) < 4.78 is 3.83. The predicted molar refractivity (Wildman–Crippen MR) is 165 cm³/mol. The number of hydrogen-bond acceptors (Lipinski definition) is 7. The number of rotatable bonds is 6. The molecule has 2 aliphatic heterocycles. The average molecular weight is 572 g/mol. The van der Waals surface area contributed by atoms with E-state index >= 15 is 0 Å². The number of aryl methyl sites for hydroxylation is 1. The second-order valence-corrected chi connectivity index (χ2v) is 11.8. The minimum Gasteiger partial charge on any atom is -0.383 e. The van der Waals surface area contributed by atoms with Gasteiger partial charge in [-0.05, 0) is 97.7 Å². The van der Waals surface area contributed by atoms with E-state index in [1.54, 1.807) is 17.1 Å². The molecular formula is C33H33N9O. The highest BCUT2D eigenvalue weighted by molar-refractivity contribution is 5.87. The first-order valence-electron chi connectivity index (χ1n) is 15.0. The maximum atomic E-state index is 12.4. The van der Waals surface area contributed by atoms with Crippen LogP contribution in [0.5, 0.6) is 0 Å². The number of aromatic nitrogens is 6. The average Bonchev–Trinajstić information content (AvgIpc) is 3.80. The van der Waals surface area contributed by atoms with Gasteiger partial charge in [0.1, 0.15) is 11.3 Å². The molecule has 4 atom stereocenters. The topological polar surface area (TPSA) is 120 Å². The van der Waals surface area contributed by atoms with Crippen LogP contribution in [0.15, 0.2) is 79.8 Å². The Morgan fingerprint density at radius 3 is 2.79 bits per heavy atom. The Labute approximate surface area is 249 Å². The summed E-state index contributed by atoms with van der Waals surface area (Å²) in [6, 6.07) is 17.3. The van der Waals surface area contributed by atoms with Crippen LogP contribution >= 0.6 is 0 Å². The van der Waals surface area contributed by atoms with Crippen molar-refractivity contribution in [1.82, 2.24) is 39.5 Å². The zero-order chi connectivity index (χ0) is 29.1. The van der Waals surface area contributed by atoms with Crippen molar-refractivity contribution in [3.05, 3.63) is 90.9 Å². The molecule has 5 aromatic rings. The van der Waals surface area contributed by atoms with E-state index in [0.717, 1.165) is 54.6 Å². The lowest BCUT2D eigenvalue weighted by atomic mass is 9.75. The Morgan fingerprint density at radius 1 is 1.07 bits per heavy atom. The van der Waals surface area contributed by atoms with Crippen LogP contribution < -0.4 is 11.1 Å². The molecule has 1 aromatic carbocycles. The predicted octanol–water partition coefficient (Wildman–Crippen LogP) is 4.39. The first-order valence-corrected chi connectivity index (χ1v) is 15.0. The molecule has 2 bridgehead atoms. The summed E-state index contributed by atoms with van der Waals surface area (Å²) in [4.78, 5) is 28.7. The normalized spacial score (nSPS) is 22.7. The molecular weight excluding hydrogens is 538 g/mol. The van der Waals surface area contributed by atoms with Crippen molar-refractivity contribution in [2.75, 3.05) is 12.3 Å². The van der Waals surface area contributed by atoms with Crippen LogP contribution in [0.3, 0.4) is 0 Å². The Bertz CT molecular complexity index is 1860. The Kier molecular flexibility index (Phi) is 6.11. The molecule has 4 aliphatic rings. The van der Waals surface area contributed by atoms with Crippen molar-refractivity contribution >= 4 is 22.9 Å². The number of piperidine rings is 2. The summed E-state index contributed by atoms with van der Waals surface area (Å²) in [5.74, 6) is 2.39. The first kappa shape index (κ1) is 25.8. The number of fused-ring (bicyclic) bond motifs is 5. The van der Waals surface area contributed by atoms with Crippen molar-refractivity contribution in [3.63, 3.8) is 0 Å². The zero-order valence-corrected chi connectivity index (χ0v) is 23.8. The van der Waals surface area contributed by atoms with Gasteiger partial charge in [-0.15, -0.1) is 0 Å². The molecule has 216 valence electrons. The molecule has 2 aliphatic carbocycles. The van der Waals surface area contributed by atoms with E-state index in [2.05, 4.69) is 44.7 Å². The smallest absolute Gasteiger partial charge is 0.246 e. The highest BCUT2D eigenvalue weighted by atomic mass is 16.2. The standard InChI is InChI=1S/C33H33N9O/c1-2-30(43)40-19-21-6-8-22(40)18-28(21)37-26-11-7-20-17-23(9-10-24(20)26)42-32(25-5-3-14-35-31(25)34)38-27-12-13-29(39-33(27)42)41-16-4-15-36-41/h2-5,9-10,12-17,21-22,26,28,37H,1,6-8,11,18-19H2,(H2,34,35)/t21?,22?,26-,28?/m0/s1. The molecule has 3 N–H and O–H groups in total. The van der Waals surface area contributed by atoms with Crippen molar-refractivity contribution in [2.45, 2.75) is 50.2 Å². The van der Waals surface area contributed by atoms with Crippen LogP contribution in [0.1, 0.15) is 42.9 Å². The van der Waals surface area contributed by atoms with Crippen LogP contribution in [-0.2, 0) is 11.2 Å². The van der Waals surface area contributed by atoms with Gasteiger partial charge in [-0.25, -0.2) is 19.6 Å². The largest absolute Gasteiger partial charge is 0.383 e. The van der Waals surface area contributed by atoms with E-state index in [9.17, 15) is 4.79 Å². The lowest BCUT2D eigenvalue weighted by molar-refractivity contribution is -0.134. The Hall–Kier alpha value is -4.83. The number of nitrogens with two attached hydrogens (primary N) is 1. The van der Waals surface area contributed by atoms with Crippen molar-refractivity contribution < 1.29 is 4.79 Å². The number of amides is 1. The summed E-state index contributed by atoms with van der Waals surface area (Å²) >= 11 is 0. The number of nitrogens with zero attached hydrogens (tertiary/aromatic N) is 7. The summed E-state index contributed by atoms with van der Waals surface area (Å²) in [6.45, 7) is 4.53. The van der Waals surface area contributed by atoms with E-state index in [1.807, 2.05) is 41.4 Å². The number of nitrogen functional groups attached to an aromatic ring is 1. The number of benzene rings is 1. The third kappa shape index (κ3) is 4.32. The van der Waals surface area contributed by atoms with Gasteiger partial charge >= 0.3 is 0 Å². The van der Waals surface area contributed by atoms with E-state index in [-0.39, 0.29) is 5.91 Å². The van der Waals surface area contributed by atoms with Gasteiger partial charge in [0.05, 0.1) is 5.56 Å². The maximum Gasteiger partial charge on any atom is 0.246 e. The van der Waals surface area contributed by atoms with Gasteiger partial charge in [0, 0.05) is 48.9 Å². The molecule has 1 amide bonds. The van der Waals surface area contributed by atoms with Crippen LogP contribution in [0.2, 0.25) is 0 Å². The van der Waals surface area contributed by atoms with Gasteiger partial charge in [0.25, 0.3) is 0 Å². The van der Waals surface area contributed by atoms with Gasteiger partial charge in [-0.2, -0.15) is 5.10 Å². The fraction of sp³-hybridized carbons (Fsp3) is 0.303.